The first-order valence-corrected chi connectivity index (χ1v) is 8.10. The normalized spacial score (nSPS) is 22.5. The fraction of sp³-hybridized carbons (Fsp3) is 0.529. The number of halogens is 1. The van der Waals surface area contributed by atoms with E-state index < -0.39 is 11.0 Å². The Kier molecular flexibility index (Phi) is 3.46. The van der Waals surface area contributed by atoms with Gasteiger partial charge in [-0.05, 0) is 49.8 Å². The molecule has 2 aromatic rings. The lowest BCUT2D eigenvalue weighted by Crippen LogP contribution is -2.44. The van der Waals surface area contributed by atoms with Gasteiger partial charge in [-0.2, -0.15) is 4.98 Å². The van der Waals surface area contributed by atoms with Crippen molar-refractivity contribution in [1.29, 1.82) is 0 Å². The van der Waals surface area contributed by atoms with Gasteiger partial charge < -0.3 is 15.0 Å². The van der Waals surface area contributed by atoms with Gasteiger partial charge in [-0.25, -0.2) is 4.39 Å². The van der Waals surface area contributed by atoms with E-state index in [4.69, 9.17) is 15.0 Å². The summed E-state index contributed by atoms with van der Waals surface area (Å²) in [5.74, 6) is 0.835. The van der Waals surface area contributed by atoms with E-state index in [2.05, 4.69) is 10.1 Å². The van der Waals surface area contributed by atoms with Crippen LogP contribution in [0.1, 0.15) is 49.4 Å². The van der Waals surface area contributed by atoms with Gasteiger partial charge in [0, 0.05) is 13.2 Å². The molecule has 0 unspecified atom stereocenters. The summed E-state index contributed by atoms with van der Waals surface area (Å²) in [4.78, 5) is 4.63. The van der Waals surface area contributed by atoms with E-state index in [0.717, 1.165) is 24.8 Å². The van der Waals surface area contributed by atoms with Crippen LogP contribution in [0, 0.1) is 5.82 Å². The zero-order chi connectivity index (χ0) is 15.9. The molecule has 2 fully saturated rings. The molecule has 2 heterocycles. The molecule has 4 rings (SSSR count). The minimum absolute atomic E-state index is 0.262. The molecule has 0 atom stereocenters. The highest BCUT2D eigenvalue weighted by molar-refractivity contribution is 5.33. The predicted molar refractivity (Wildman–Crippen MR) is 81.2 cm³/mol. The Morgan fingerprint density at radius 1 is 1.13 bits per heavy atom. The fourth-order valence-corrected chi connectivity index (χ4v) is 3.53. The van der Waals surface area contributed by atoms with Crippen LogP contribution in [0.25, 0.3) is 0 Å². The molecule has 23 heavy (non-hydrogen) atoms. The highest BCUT2D eigenvalue weighted by atomic mass is 19.1. The summed E-state index contributed by atoms with van der Waals surface area (Å²) < 4.78 is 24.8. The molecule has 1 aliphatic heterocycles. The minimum atomic E-state index is -0.494. The molecule has 2 N–H and O–H groups in total. The van der Waals surface area contributed by atoms with Crippen molar-refractivity contribution in [3.63, 3.8) is 0 Å². The zero-order valence-electron chi connectivity index (χ0n) is 12.9. The summed E-state index contributed by atoms with van der Waals surface area (Å²) in [5, 5.41) is 4.13. The van der Waals surface area contributed by atoms with Gasteiger partial charge in [-0.3, -0.25) is 0 Å². The van der Waals surface area contributed by atoms with Crippen LogP contribution in [-0.4, -0.2) is 23.4 Å². The topological polar surface area (TPSA) is 74.2 Å². The molecule has 0 radical (unpaired) electrons. The van der Waals surface area contributed by atoms with Crippen molar-refractivity contribution in [3.05, 3.63) is 47.4 Å². The van der Waals surface area contributed by atoms with Crippen molar-refractivity contribution in [2.24, 2.45) is 5.73 Å². The van der Waals surface area contributed by atoms with Gasteiger partial charge in [-0.1, -0.05) is 17.3 Å². The van der Waals surface area contributed by atoms with Crippen molar-refractivity contribution in [1.82, 2.24) is 10.1 Å². The molecule has 1 aromatic heterocycles. The second-order valence-electron chi connectivity index (χ2n) is 6.64. The molecule has 2 aliphatic rings. The second kappa shape index (κ2) is 5.39. The average molecular weight is 317 g/mol. The predicted octanol–water partition coefficient (Wildman–Crippen LogP) is 2.64. The number of ether oxygens (including phenoxy) is 1. The summed E-state index contributed by atoms with van der Waals surface area (Å²) >= 11 is 0. The molecular weight excluding hydrogens is 297 g/mol. The smallest absolute Gasteiger partial charge is 0.237 e. The molecule has 1 aliphatic carbocycles. The Bertz CT molecular complexity index is 705. The van der Waals surface area contributed by atoms with E-state index in [0.29, 0.717) is 37.8 Å². The van der Waals surface area contributed by atoms with Gasteiger partial charge in [0.2, 0.25) is 5.89 Å². The lowest BCUT2D eigenvalue weighted by molar-refractivity contribution is 0.0522. The Hall–Kier alpha value is -1.79. The van der Waals surface area contributed by atoms with Crippen molar-refractivity contribution < 1.29 is 13.7 Å². The Morgan fingerprint density at radius 3 is 2.57 bits per heavy atom. The van der Waals surface area contributed by atoms with Crippen LogP contribution >= 0.6 is 0 Å². The molecule has 122 valence electrons. The Labute approximate surface area is 134 Å². The quantitative estimate of drug-likeness (QED) is 0.942. The first-order chi connectivity index (χ1) is 11.1. The zero-order valence-corrected chi connectivity index (χ0v) is 12.9. The number of hydrogen-bond acceptors (Lipinski definition) is 5. The molecular formula is C17H20FN3O2. The van der Waals surface area contributed by atoms with Gasteiger partial charge in [0.15, 0.2) is 5.82 Å². The standard InChI is InChI=1S/C17H20FN3O2/c18-13-4-1-3-12(11-13)16(7-9-22-10-8-16)15-20-14(21-23-15)17(19)5-2-6-17/h1,3-4,11H,2,5-10,19H2. The number of benzene rings is 1. The summed E-state index contributed by atoms with van der Waals surface area (Å²) in [6, 6.07) is 6.63. The lowest BCUT2D eigenvalue weighted by atomic mass is 9.73. The van der Waals surface area contributed by atoms with Crippen LogP contribution in [0.3, 0.4) is 0 Å². The first kappa shape index (κ1) is 14.8. The van der Waals surface area contributed by atoms with Crippen LogP contribution in [0.4, 0.5) is 4.39 Å². The largest absolute Gasteiger partial charge is 0.381 e. The maximum Gasteiger partial charge on any atom is 0.237 e. The monoisotopic (exact) mass is 317 g/mol. The van der Waals surface area contributed by atoms with Crippen LogP contribution in [-0.2, 0) is 15.7 Å². The van der Waals surface area contributed by atoms with E-state index in [1.54, 1.807) is 12.1 Å². The van der Waals surface area contributed by atoms with Crippen LogP contribution in [0.2, 0.25) is 0 Å². The number of hydrogen-bond donors (Lipinski definition) is 1. The van der Waals surface area contributed by atoms with Crippen molar-refractivity contribution in [2.45, 2.75) is 43.1 Å². The van der Waals surface area contributed by atoms with Crippen molar-refractivity contribution >= 4 is 0 Å². The van der Waals surface area contributed by atoms with Gasteiger partial charge in [0.25, 0.3) is 0 Å². The fourth-order valence-electron chi connectivity index (χ4n) is 3.53. The van der Waals surface area contributed by atoms with Gasteiger partial charge >= 0.3 is 0 Å². The number of rotatable bonds is 3. The molecule has 1 aromatic carbocycles. The molecule has 0 spiro atoms. The third-order valence-corrected chi connectivity index (χ3v) is 5.25. The maximum atomic E-state index is 13.7. The SMILES string of the molecule is NC1(c2noc(C3(c4cccc(F)c4)CCOCC3)n2)CCC1. The van der Waals surface area contributed by atoms with Crippen molar-refractivity contribution in [3.8, 4) is 0 Å². The maximum absolute atomic E-state index is 13.7. The highest BCUT2D eigenvalue weighted by Gasteiger charge is 2.45. The lowest BCUT2D eigenvalue weighted by Gasteiger charge is -2.35. The van der Waals surface area contributed by atoms with E-state index in [1.165, 1.54) is 6.07 Å². The van der Waals surface area contributed by atoms with Gasteiger partial charge in [0.1, 0.15) is 5.82 Å². The van der Waals surface area contributed by atoms with Crippen molar-refractivity contribution in [2.75, 3.05) is 13.2 Å². The summed E-state index contributed by atoms with van der Waals surface area (Å²) in [6.07, 6.45) is 4.22. The number of nitrogens with two attached hydrogens (primary N) is 1. The van der Waals surface area contributed by atoms with E-state index >= 15 is 0 Å². The summed E-state index contributed by atoms with van der Waals surface area (Å²) in [6.45, 7) is 1.17. The Morgan fingerprint density at radius 2 is 1.91 bits per heavy atom. The van der Waals surface area contributed by atoms with E-state index in [9.17, 15) is 4.39 Å². The van der Waals surface area contributed by atoms with Crippen LogP contribution in [0.15, 0.2) is 28.8 Å². The average Bonchev–Trinajstić information content (AvgIpc) is 3.04. The molecule has 1 saturated carbocycles. The minimum Gasteiger partial charge on any atom is -0.381 e. The van der Waals surface area contributed by atoms with E-state index in [1.807, 2.05) is 6.07 Å². The Balaban J connectivity index is 1.77. The molecule has 0 bridgehead atoms. The summed E-state index contributed by atoms with van der Waals surface area (Å²) in [5.41, 5.74) is 6.20. The molecule has 5 nitrogen and oxygen atoms in total. The number of aromatic nitrogens is 2. The van der Waals surface area contributed by atoms with E-state index in [-0.39, 0.29) is 5.82 Å². The highest BCUT2D eigenvalue weighted by Crippen LogP contribution is 2.43. The van der Waals surface area contributed by atoms with Crippen LogP contribution in [0.5, 0.6) is 0 Å². The summed E-state index contributed by atoms with van der Waals surface area (Å²) in [7, 11) is 0. The molecule has 1 saturated heterocycles. The third-order valence-electron chi connectivity index (χ3n) is 5.25. The second-order valence-corrected chi connectivity index (χ2v) is 6.64. The van der Waals surface area contributed by atoms with Crippen LogP contribution < -0.4 is 5.73 Å². The van der Waals surface area contributed by atoms with Gasteiger partial charge in [-0.15, -0.1) is 0 Å². The number of nitrogens with zero attached hydrogens (tertiary/aromatic N) is 2. The third kappa shape index (κ3) is 2.37. The molecule has 6 heteroatoms. The first-order valence-electron chi connectivity index (χ1n) is 8.10. The molecule has 0 amide bonds. The van der Waals surface area contributed by atoms with Gasteiger partial charge in [0.05, 0.1) is 11.0 Å².